The summed E-state index contributed by atoms with van der Waals surface area (Å²) >= 11 is 0. The number of hydrogen-bond donors (Lipinski definition) is 0. The summed E-state index contributed by atoms with van der Waals surface area (Å²) < 4.78 is 75.6. The van der Waals surface area contributed by atoms with E-state index in [1.165, 1.54) is 12.1 Å². The molecular formula is C19H18F5NO5. The number of piperidine rings is 1. The molecule has 30 heavy (non-hydrogen) atoms. The minimum atomic E-state index is -6.07. The molecule has 1 amide bonds. The number of hydrogen-bond acceptors (Lipinski definition) is 5. The Morgan fingerprint density at radius 1 is 1.03 bits per heavy atom. The van der Waals surface area contributed by atoms with Crippen molar-refractivity contribution in [3.8, 4) is 0 Å². The predicted octanol–water partition coefficient (Wildman–Crippen LogP) is 2.96. The van der Waals surface area contributed by atoms with Crippen LogP contribution in [0, 0.1) is 5.92 Å². The SMILES string of the molecule is COC(=O)C1C(OC(=O)c2ccccc2)CC2CCC1N2C(=O)C(F)(F)C(F)(F)F. The second-order valence-electron chi connectivity index (χ2n) is 7.18. The van der Waals surface area contributed by atoms with Crippen molar-refractivity contribution in [1.82, 2.24) is 4.90 Å². The van der Waals surface area contributed by atoms with Crippen LogP contribution in [0.25, 0.3) is 0 Å². The van der Waals surface area contributed by atoms with Gasteiger partial charge < -0.3 is 14.4 Å². The Bertz CT molecular complexity index is 828. The van der Waals surface area contributed by atoms with Crippen molar-refractivity contribution in [2.45, 2.75) is 49.5 Å². The van der Waals surface area contributed by atoms with Gasteiger partial charge >= 0.3 is 29.9 Å². The molecule has 11 heteroatoms. The molecule has 2 aliphatic heterocycles. The maximum atomic E-state index is 13.7. The van der Waals surface area contributed by atoms with Crippen molar-refractivity contribution in [2.75, 3.05) is 7.11 Å². The maximum Gasteiger partial charge on any atom is 0.463 e. The number of benzene rings is 1. The average molecular weight is 435 g/mol. The molecule has 2 heterocycles. The topological polar surface area (TPSA) is 72.9 Å². The molecule has 1 aromatic carbocycles. The number of esters is 2. The van der Waals surface area contributed by atoms with Crippen LogP contribution in [0.2, 0.25) is 0 Å². The number of rotatable bonds is 4. The van der Waals surface area contributed by atoms with Crippen molar-refractivity contribution < 1.29 is 45.8 Å². The summed E-state index contributed by atoms with van der Waals surface area (Å²) in [7, 11) is 1.01. The summed E-state index contributed by atoms with van der Waals surface area (Å²) in [6.07, 6.45) is -7.36. The second kappa shape index (κ2) is 7.84. The number of carbonyl (C=O) groups excluding carboxylic acids is 3. The third-order valence-electron chi connectivity index (χ3n) is 5.47. The number of halogens is 5. The van der Waals surface area contributed by atoms with Gasteiger partial charge in [-0.2, -0.15) is 22.0 Å². The van der Waals surface area contributed by atoms with E-state index in [9.17, 15) is 36.3 Å². The van der Waals surface area contributed by atoms with Crippen molar-refractivity contribution >= 4 is 17.8 Å². The van der Waals surface area contributed by atoms with Crippen LogP contribution in [0.3, 0.4) is 0 Å². The van der Waals surface area contributed by atoms with Gasteiger partial charge in [0.15, 0.2) is 0 Å². The number of methoxy groups -OCH3 is 1. The zero-order valence-corrected chi connectivity index (χ0v) is 15.7. The van der Waals surface area contributed by atoms with E-state index in [-0.39, 0.29) is 24.8 Å². The van der Waals surface area contributed by atoms with Crippen LogP contribution >= 0.6 is 0 Å². The fourth-order valence-corrected chi connectivity index (χ4v) is 4.10. The van der Waals surface area contributed by atoms with Crippen molar-refractivity contribution in [2.24, 2.45) is 5.92 Å². The molecule has 0 radical (unpaired) electrons. The lowest BCUT2D eigenvalue weighted by molar-refractivity contribution is -0.276. The third kappa shape index (κ3) is 3.72. The Kier molecular flexibility index (Phi) is 5.74. The quantitative estimate of drug-likeness (QED) is 0.537. The highest BCUT2D eigenvalue weighted by atomic mass is 19.4. The summed E-state index contributed by atoms with van der Waals surface area (Å²) in [4.78, 5) is 37.3. The fourth-order valence-electron chi connectivity index (χ4n) is 4.10. The van der Waals surface area contributed by atoms with Gasteiger partial charge in [0.05, 0.1) is 12.7 Å². The highest BCUT2D eigenvalue weighted by Gasteiger charge is 2.68. The molecule has 2 bridgehead atoms. The van der Waals surface area contributed by atoms with Crippen LogP contribution in [-0.2, 0) is 19.1 Å². The number of nitrogens with zero attached hydrogens (tertiary/aromatic N) is 1. The van der Waals surface area contributed by atoms with Gasteiger partial charge in [0.2, 0.25) is 0 Å². The summed E-state index contributed by atoms with van der Waals surface area (Å²) in [6.45, 7) is 0. The Labute approximate surface area is 167 Å². The zero-order valence-electron chi connectivity index (χ0n) is 15.7. The highest BCUT2D eigenvalue weighted by Crippen LogP contribution is 2.46. The van der Waals surface area contributed by atoms with E-state index in [2.05, 4.69) is 4.74 Å². The van der Waals surface area contributed by atoms with Crippen LogP contribution < -0.4 is 0 Å². The van der Waals surface area contributed by atoms with Gasteiger partial charge in [-0.3, -0.25) is 9.59 Å². The molecule has 2 aliphatic rings. The van der Waals surface area contributed by atoms with Gasteiger partial charge in [-0.15, -0.1) is 0 Å². The van der Waals surface area contributed by atoms with E-state index in [4.69, 9.17) is 4.74 Å². The minimum Gasteiger partial charge on any atom is -0.469 e. The summed E-state index contributed by atoms with van der Waals surface area (Å²) in [5.41, 5.74) is 0.176. The van der Waals surface area contributed by atoms with Crippen LogP contribution in [0.15, 0.2) is 30.3 Å². The monoisotopic (exact) mass is 435 g/mol. The van der Waals surface area contributed by atoms with Gasteiger partial charge in [0.25, 0.3) is 0 Å². The highest BCUT2D eigenvalue weighted by molar-refractivity contribution is 5.90. The molecule has 6 nitrogen and oxygen atoms in total. The van der Waals surface area contributed by atoms with Crippen molar-refractivity contribution in [1.29, 1.82) is 0 Å². The van der Waals surface area contributed by atoms with Crippen LogP contribution in [-0.4, -0.2) is 60.1 Å². The van der Waals surface area contributed by atoms with E-state index in [0.717, 1.165) is 7.11 Å². The van der Waals surface area contributed by atoms with Gasteiger partial charge in [-0.1, -0.05) is 18.2 Å². The number of alkyl halides is 5. The van der Waals surface area contributed by atoms with E-state index in [1.54, 1.807) is 18.2 Å². The molecule has 3 rings (SSSR count). The molecule has 1 aromatic rings. The van der Waals surface area contributed by atoms with Gasteiger partial charge in [-0.25, -0.2) is 4.79 Å². The van der Waals surface area contributed by atoms with Gasteiger partial charge in [0, 0.05) is 18.5 Å². The Morgan fingerprint density at radius 2 is 1.67 bits per heavy atom. The summed E-state index contributed by atoms with van der Waals surface area (Å²) in [5, 5.41) is 0. The number of fused-ring (bicyclic) bond motifs is 2. The number of ether oxygens (including phenoxy) is 2. The van der Waals surface area contributed by atoms with Crippen LogP contribution in [0.4, 0.5) is 22.0 Å². The minimum absolute atomic E-state index is 0.00347. The molecule has 0 aromatic heterocycles. The zero-order chi connectivity index (χ0) is 22.3. The van der Waals surface area contributed by atoms with Gasteiger partial charge in [0.1, 0.15) is 12.0 Å². The first-order valence-electron chi connectivity index (χ1n) is 9.10. The van der Waals surface area contributed by atoms with Crippen LogP contribution in [0.1, 0.15) is 29.6 Å². The first kappa shape index (κ1) is 22.0. The van der Waals surface area contributed by atoms with E-state index < -0.39 is 54.1 Å². The maximum absolute atomic E-state index is 13.7. The lowest BCUT2D eigenvalue weighted by Crippen LogP contribution is -2.62. The molecule has 4 atom stereocenters. The van der Waals surface area contributed by atoms with Crippen molar-refractivity contribution in [3.05, 3.63) is 35.9 Å². The first-order chi connectivity index (χ1) is 14.0. The second-order valence-corrected chi connectivity index (χ2v) is 7.18. The van der Waals surface area contributed by atoms with E-state index in [0.29, 0.717) is 4.90 Å². The largest absolute Gasteiger partial charge is 0.469 e. The average Bonchev–Trinajstić information content (AvgIpc) is 3.00. The summed E-state index contributed by atoms with van der Waals surface area (Å²) in [6, 6.07) is 5.44. The Balaban J connectivity index is 1.88. The van der Waals surface area contributed by atoms with Crippen molar-refractivity contribution in [3.63, 3.8) is 0 Å². The van der Waals surface area contributed by atoms with Crippen LogP contribution in [0.5, 0.6) is 0 Å². The number of amides is 1. The lowest BCUT2D eigenvalue weighted by atomic mass is 9.86. The predicted molar refractivity (Wildman–Crippen MR) is 90.4 cm³/mol. The molecule has 0 aliphatic carbocycles. The molecule has 0 spiro atoms. The normalized spacial score (nSPS) is 26.3. The smallest absolute Gasteiger partial charge is 0.463 e. The summed E-state index contributed by atoms with van der Waals surface area (Å²) in [5.74, 6) is -11.1. The molecule has 4 unspecified atom stereocenters. The Morgan fingerprint density at radius 3 is 2.23 bits per heavy atom. The third-order valence-corrected chi connectivity index (χ3v) is 5.47. The molecule has 0 saturated carbocycles. The standard InChI is InChI=1S/C19H18F5NO5/c1-29-16(27)14-12-8-7-11(25(12)17(28)18(20,21)19(22,23)24)9-13(14)30-15(26)10-5-3-2-4-6-10/h2-6,11-14H,7-9H2,1H3. The lowest BCUT2D eigenvalue weighted by Gasteiger charge is -2.43. The molecule has 2 saturated heterocycles. The van der Waals surface area contributed by atoms with Gasteiger partial charge in [-0.05, 0) is 25.0 Å². The fraction of sp³-hybridized carbons (Fsp3) is 0.526. The first-order valence-corrected chi connectivity index (χ1v) is 9.10. The molecule has 2 fully saturated rings. The molecule has 0 N–H and O–H groups in total. The van der Waals surface area contributed by atoms with E-state index in [1.807, 2.05) is 0 Å². The molecular weight excluding hydrogens is 417 g/mol. The number of carbonyl (C=O) groups is 3. The molecule has 164 valence electrons. The Hall–Kier alpha value is -2.72. The van der Waals surface area contributed by atoms with E-state index >= 15 is 0 Å².